The van der Waals surface area contributed by atoms with Gasteiger partial charge in [0.2, 0.25) is 5.75 Å². The van der Waals surface area contributed by atoms with Crippen LogP contribution in [0.4, 0.5) is 5.69 Å². The third-order valence-electron chi connectivity index (χ3n) is 2.57. The van der Waals surface area contributed by atoms with Crippen molar-refractivity contribution >= 4 is 27.4 Å². The fourth-order valence-electron chi connectivity index (χ4n) is 1.67. The van der Waals surface area contributed by atoms with Gasteiger partial charge in [0.15, 0.2) is 5.78 Å². The molecule has 0 amide bonds. The molecule has 0 fully saturated rings. The summed E-state index contributed by atoms with van der Waals surface area (Å²) in [6.07, 6.45) is 0. The lowest BCUT2D eigenvalue weighted by atomic mass is 10.0. The Bertz CT molecular complexity index is 655. The molecule has 0 aliphatic heterocycles. The van der Waals surface area contributed by atoms with Gasteiger partial charge in [-0.05, 0) is 28.1 Å². The summed E-state index contributed by atoms with van der Waals surface area (Å²) in [6, 6.07) is 10.9. The zero-order valence-electron chi connectivity index (χ0n) is 9.54. The highest BCUT2D eigenvalue weighted by Crippen LogP contribution is 2.37. The Morgan fingerprint density at radius 3 is 2.37 bits per heavy atom. The molecule has 0 aromatic heterocycles. The van der Waals surface area contributed by atoms with Gasteiger partial charge in [0.1, 0.15) is 5.56 Å². The van der Waals surface area contributed by atoms with Crippen LogP contribution in [0.5, 0.6) is 5.75 Å². The lowest BCUT2D eigenvalue weighted by Crippen LogP contribution is -2.05. The second-order valence-corrected chi connectivity index (χ2v) is 4.60. The average molecular weight is 322 g/mol. The van der Waals surface area contributed by atoms with Crippen molar-refractivity contribution in [1.29, 1.82) is 0 Å². The topological polar surface area (TPSA) is 80.4 Å². The Balaban J connectivity index is 2.61. The van der Waals surface area contributed by atoms with Crippen molar-refractivity contribution in [2.24, 2.45) is 0 Å². The predicted octanol–water partition coefficient (Wildman–Crippen LogP) is 3.29. The van der Waals surface area contributed by atoms with Gasteiger partial charge in [-0.2, -0.15) is 0 Å². The standard InChI is InChI=1S/C13H8BrNO4/c14-10-7-6-9(11(13(10)17)15(18)19)12(16)8-4-2-1-3-5-8/h1-7,17H. The zero-order chi connectivity index (χ0) is 14.0. The molecular weight excluding hydrogens is 314 g/mol. The first-order valence-corrected chi connectivity index (χ1v) is 6.07. The van der Waals surface area contributed by atoms with Crippen LogP contribution >= 0.6 is 15.9 Å². The van der Waals surface area contributed by atoms with Crippen molar-refractivity contribution in [2.45, 2.75) is 0 Å². The maximum atomic E-state index is 12.2. The number of phenolic OH excluding ortho intramolecular Hbond substituents is 1. The second kappa shape index (κ2) is 5.19. The maximum absolute atomic E-state index is 12.2. The summed E-state index contributed by atoms with van der Waals surface area (Å²) in [4.78, 5) is 22.4. The van der Waals surface area contributed by atoms with Crippen LogP contribution in [0.25, 0.3) is 0 Å². The van der Waals surface area contributed by atoms with E-state index in [9.17, 15) is 20.0 Å². The number of hydrogen-bond donors (Lipinski definition) is 1. The van der Waals surface area contributed by atoms with Gasteiger partial charge in [0, 0.05) is 5.56 Å². The number of benzene rings is 2. The molecule has 2 aromatic rings. The second-order valence-electron chi connectivity index (χ2n) is 3.74. The Kier molecular flexibility index (Phi) is 3.62. The predicted molar refractivity (Wildman–Crippen MR) is 72.3 cm³/mol. The van der Waals surface area contributed by atoms with Crippen LogP contribution < -0.4 is 0 Å². The number of ketones is 1. The van der Waals surface area contributed by atoms with Crippen LogP contribution in [0.1, 0.15) is 15.9 Å². The van der Waals surface area contributed by atoms with E-state index in [-0.39, 0.29) is 10.0 Å². The fraction of sp³-hybridized carbons (Fsp3) is 0. The van der Waals surface area contributed by atoms with E-state index in [4.69, 9.17) is 0 Å². The molecule has 0 saturated carbocycles. The number of nitrogens with zero attached hydrogens (tertiary/aromatic N) is 1. The number of halogens is 1. The van der Waals surface area contributed by atoms with E-state index in [0.717, 1.165) is 0 Å². The number of nitro benzene ring substituents is 1. The molecule has 0 aliphatic rings. The van der Waals surface area contributed by atoms with Crippen molar-refractivity contribution in [3.05, 3.63) is 68.2 Å². The first kappa shape index (κ1) is 13.2. The monoisotopic (exact) mass is 321 g/mol. The normalized spacial score (nSPS) is 10.2. The van der Waals surface area contributed by atoms with Crippen LogP contribution in [0.3, 0.4) is 0 Å². The highest BCUT2D eigenvalue weighted by molar-refractivity contribution is 9.10. The summed E-state index contributed by atoms with van der Waals surface area (Å²) >= 11 is 2.99. The lowest BCUT2D eigenvalue weighted by Gasteiger charge is -2.05. The van der Waals surface area contributed by atoms with Crippen molar-refractivity contribution in [1.82, 2.24) is 0 Å². The molecule has 0 bridgehead atoms. The zero-order valence-corrected chi connectivity index (χ0v) is 11.1. The number of carbonyl (C=O) groups is 1. The van der Waals surface area contributed by atoms with Gasteiger partial charge < -0.3 is 5.11 Å². The van der Waals surface area contributed by atoms with Gasteiger partial charge in [-0.25, -0.2) is 0 Å². The number of rotatable bonds is 3. The Morgan fingerprint density at radius 1 is 1.16 bits per heavy atom. The fourth-order valence-corrected chi connectivity index (χ4v) is 1.99. The third-order valence-corrected chi connectivity index (χ3v) is 3.21. The average Bonchev–Trinajstić information content (AvgIpc) is 2.41. The van der Waals surface area contributed by atoms with E-state index in [1.165, 1.54) is 12.1 Å². The van der Waals surface area contributed by atoms with Crippen LogP contribution in [-0.2, 0) is 0 Å². The number of phenols is 1. The molecule has 0 heterocycles. The molecule has 6 heteroatoms. The number of carbonyl (C=O) groups excluding carboxylic acids is 1. The van der Waals surface area contributed by atoms with Crippen molar-refractivity contribution in [3.63, 3.8) is 0 Å². The van der Waals surface area contributed by atoms with E-state index >= 15 is 0 Å². The largest absolute Gasteiger partial charge is 0.501 e. The molecule has 96 valence electrons. The van der Waals surface area contributed by atoms with Crippen molar-refractivity contribution < 1.29 is 14.8 Å². The van der Waals surface area contributed by atoms with Gasteiger partial charge in [0.05, 0.1) is 9.40 Å². The third kappa shape index (κ3) is 2.48. The highest BCUT2D eigenvalue weighted by Gasteiger charge is 2.27. The van der Waals surface area contributed by atoms with Gasteiger partial charge >= 0.3 is 5.69 Å². The molecule has 0 radical (unpaired) electrons. The smallest absolute Gasteiger partial charge is 0.323 e. The van der Waals surface area contributed by atoms with E-state index in [1.807, 2.05) is 0 Å². The van der Waals surface area contributed by atoms with Crippen molar-refractivity contribution in [3.8, 4) is 5.75 Å². The van der Waals surface area contributed by atoms with Gasteiger partial charge in [0.25, 0.3) is 0 Å². The molecule has 0 spiro atoms. The summed E-state index contributed by atoms with van der Waals surface area (Å²) in [5.41, 5.74) is -0.410. The van der Waals surface area contributed by atoms with E-state index in [0.29, 0.717) is 5.56 Å². The Labute approximate surface area is 116 Å². The number of nitro groups is 1. The molecule has 1 N–H and O–H groups in total. The van der Waals surface area contributed by atoms with Gasteiger partial charge in [-0.3, -0.25) is 14.9 Å². The summed E-state index contributed by atoms with van der Waals surface area (Å²) in [6.45, 7) is 0. The van der Waals surface area contributed by atoms with Crippen molar-refractivity contribution in [2.75, 3.05) is 0 Å². The van der Waals surface area contributed by atoms with E-state index in [1.54, 1.807) is 30.3 Å². The van der Waals surface area contributed by atoms with E-state index < -0.39 is 22.1 Å². The quantitative estimate of drug-likeness (QED) is 0.534. The minimum Gasteiger partial charge on any atom is -0.501 e. The Hall–Kier alpha value is -2.21. The lowest BCUT2D eigenvalue weighted by molar-refractivity contribution is -0.386. The van der Waals surface area contributed by atoms with Crippen LogP contribution in [0.2, 0.25) is 0 Å². The number of hydrogen-bond acceptors (Lipinski definition) is 4. The summed E-state index contributed by atoms with van der Waals surface area (Å²) in [7, 11) is 0. The minimum absolute atomic E-state index is 0.142. The summed E-state index contributed by atoms with van der Waals surface area (Å²) in [5.74, 6) is -1.05. The van der Waals surface area contributed by atoms with Crippen LogP contribution in [-0.4, -0.2) is 15.8 Å². The number of aromatic hydroxyl groups is 1. The maximum Gasteiger partial charge on any atom is 0.323 e. The van der Waals surface area contributed by atoms with E-state index in [2.05, 4.69) is 15.9 Å². The van der Waals surface area contributed by atoms with Gasteiger partial charge in [-0.1, -0.05) is 30.3 Å². The first-order valence-electron chi connectivity index (χ1n) is 5.28. The molecule has 0 atom stereocenters. The minimum atomic E-state index is -0.768. The summed E-state index contributed by atoms with van der Waals surface area (Å²) < 4.78 is 0.170. The summed E-state index contributed by atoms with van der Waals surface area (Å²) in [5, 5.41) is 20.7. The van der Waals surface area contributed by atoms with Crippen LogP contribution in [0, 0.1) is 10.1 Å². The molecule has 2 aromatic carbocycles. The molecule has 5 nitrogen and oxygen atoms in total. The molecular formula is C13H8BrNO4. The molecule has 0 unspecified atom stereocenters. The van der Waals surface area contributed by atoms with Gasteiger partial charge in [-0.15, -0.1) is 0 Å². The molecule has 19 heavy (non-hydrogen) atoms. The SMILES string of the molecule is O=C(c1ccccc1)c1ccc(Br)c(O)c1[N+](=O)[O-]. The molecule has 0 aliphatic carbocycles. The van der Waals surface area contributed by atoms with Crippen LogP contribution in [0.15, 0.2) is 46.9 Å². The molecule has 2 rings (SSSR count). The first-order chi connectivity index (χ1) is 9.02. The Morgan fingerprint density at radius 2 is 1.79 bits per heavy atom. The highest BCUT2D eigenvalue weighted by atomic mass is 79.9. The molecule has 0 saturated heterocycles.